The van der Waals surface area contributed by atoms with E-state index in [2.05, 4.69) is 0 Å². The Labute approximate surface area is 95.1 Å². The van der Waals surface area contributed by atoms with Gasteiger partial charge in [-0.05, 0) is 19.9 Å². The summed E-state index contributed by atoms with van der Waals surface area (Å²) < 4.78 is 23.0. The van der Waals surface area contributed by atoms with Gasteiger partial charge in [0.2, 0.25) is 5.69 Å². The summed E-state index contributed by atoms with van der Waals surface area (Å²) in [7, 11) is -3.19. The van der Waals surface area contributed by atoms with Crippen LogP contribution in [-0.4, -0.2) is 13.2 Å². The summed E-state index contributed by atoms with van der Waals surface area (Å²) in [6.07, 6.45) is 1.36. The summed E-state index contributed by atoms with van der Waals surface area (Å²) in [5.74, 6) is 0. The maximum atomic E-state index is 12.1. The summed E-state index contributed by atoms with van der Waals surface area (Å²) in [6.45, 7) is 4.07. The molecule has 6 heteroatoms. The quantitative estimate of drug-likeness (QED) is 0.437. The monoisotopic (exact) mass is 245 g/mol. The highest BCUT2D eigenvalue weighted by Crippen LogP contribution is 2.50. The Morgan fingerprint density at radius 3 is 2.44 bits per heavy atom. The Hall–Kier alpha value is -0.900. The first kappa shape index (κ1) is 13.2. The lowest BCUT2D eigenvalue weighted by molar-refractivity contribution is -0.613. The Morgan fingerprint density at radius 2 is 1.94 bits per heavy atom. The fourth-order valence-electron chi connectivity index (χ4n) is 1.31. The Kier molecular flexibility index (Phi) is 4.93. The van der Waals surface area contributed by atoms with Gasteiger partial charge in [-0.3, -0.25) is 4.57 Å². The molecule has 0 unspecified atom stereocenters. The van der Waals surface area contributed by atoms with E-state index in [0.29, 0.717) is 23.6 Å². The van der Waals surface area contributed by atoms with Gasteiger partial charge < -0.3 is 14.3 Å². The Balaban J connectivity index is 2.83. The third-order valence-corrected chi connectivity index (χ3v) is 3.93. The first-order chi connectivity index (χ1) is 7.61. The first-order valence-corrected chi connectivity index (χ1v) is 6.89. The molecule has 90 valence electrons. The molecule has 0 aliphatic carbocycles. The zero-order valence-electron chi connectivity index (χ0n) is 9.46. The normalized spacial score (nSPS) is 11.6. The minimum atomic E-state index is -3.19. The summed E-state index contributed by atoms with van der Waals surface area (Å²) in [4.78, 5) is 0. The van der Waals surface area contributed by atoms with Crippen molar-refractivity contribution in [3.05, 3.63) is 35.3 Å². The van der Waals surface area contributed by atoms with Crippen molar-refractivity contribution in [2.45, 2.75) is 20.0 Å². The van der Waals surface area contributed by atoms with Crippen molar-refractivity contribution >= 4 is 7.60 Å². The molecule has 0 atom stereocenters. The van der Waals surface area contributed by atoms with E-state index in [1.807, 2.05) is 0 Å². The van der Waals surface area contributed by atoms with Gasteiger partial charge in [0, 0.05) is 12.1 Å². The molecule has 0 N–H and O–H groups in total. The molecule has 0 saturated carbocycles. The van der Waals surface area contributed by atoms with E-state index in [-0.39, 0.29) is 6.16 Å². The van der Waals surface area contributed by atoms with Crippen LogP contribution in [0.2, 0.25) is 0 Å². The highest BCUT2D eigenvalue weighted by atomic mass is 31.2. The van der Waals surface area contributed by atoms with Crippen LogP contribution in [-0.2, 0) is 19.8 Å². The van der Waals surface area contributed by atoms with Gasteiger partial charge in [0.1, 0.15) is 6.16 Å². The molecule has 1 aromatic heterocycles. The number of hydrogen-bond donors (Lipinski definition) is 0. The van der Waals surface area contributed by atoms with E-state index in [1.54, 1.807) is 32.0 Å². The summed E-state index contributed by atoms with van der Waals surface area (Å²) >= 11 is 0. The van der Waals surface area contributed by atoms with Crippen LogP contribution in [0, 0.1) is 5.21 Å². The Bertz CT molecular complexity index is 373. The lowest BCUT2D eigenvalue weighted by Crippen LogP contribution is -2.30. The minimum Gasteiger partial charge on any atom is -0.618 e. The summed E-state index contributed by atoms with van der Waals surface area (Å²) in [5, 5.41) is 11.4. The molecule has 0 aliphatic heterocycles. The predicted octanol–water partition coefficient (Wildman–Crippen LogP) is 2.09. The number of rotatable bonds is 6. The molecule has 0 aromatic carbocycles. The summed E-state index contributed by atoms with van der Waals surface area (Å²) in [5.41, 5.74) is 0.382. The van der Waals surface area contributed by atoms with Crippen molar-refractivity contribution in [3.63, 3.8) is 0 Å². The molecule has 5 nitrogen and oxygen atoms in total. The maximum absolute atomic E-state index is 12.1. The second kappa shape index (κ2) is 5.99. The number of nitrogens with zero attached hydrogens (tertiary/aromatic N) is 1. The van der Waals surface area contributed by atoms with Crippen LogP contribution in [0.25, 0.3) is 0 Å². The van der Waals surface area contributed by atoms with Crippen LogP contribution in [0.15, 0.2) is 24.4 Å². The average Bonchev–Trinajstić information content (AvgIpc) is 2.22. The lowest BCUT2D eigenvalue weighted by atomic mass is 10.4. The topological polar surface area (TPSA) is 62.5 Å². The summed E-state index contributed by atoms with van der Waals surface area (Å²) in [6, 6.07) is 4.94. The van der Waals surface area contributed by atoms with E-state index >= 15 is 0 Å². The van der Waals surface area contributed by atoms with Crippen molar-refractivity contribution in [1.29, 1.82) is 0 Å². The number of hydrogen-bond acceptors (Lipinski definition) is 4. The molecule has 0 spiro atoms. The van der Waals surface area contributed by atoms with E-state index < -0.39 is 7.60 Å². The van der Waals surface area contributed by atoms with Crippen molar-refractivity contribution in [3.8, 4) is 0 Å². The molecule has 0 saturated heterocycles. The number of pyridine rings is 1. The molecule has 1 rings (SSSR count). The van der Waals surface area contributed by atoms with Gasteiger partial charge in [0.05, 0.1) is 13.2 Å². The Morgan fingerprint density at radius 1 is 1.31 bits per heavy atom. The van der Waals surface area contributed by atoms with Gasteiger partial charge >= 0.3 is 7.60 Å². The zero-order chi connectivity index (χ0) is 12.0. The molecule has 0 bridgehead atoms. The highest BCUT2D eigenvalue weighted by Gasteiger charge is 2.27. The fraction of sp³-hybridized carbons (Fsp3) is 0.500. The van der Waals surface area contributed by atoms with Crippen molar-refractivity contribution in [2.75, 3.05) is 13.2 Å². The zero-order valence-corrected chi connectivity index (χ0v) is 10.4. The van der Waals surface area contributed by atoms with E-state index in [4.69, 9.17) is 9.05 Å². The molecule has 1 heterocycles. The second-order valence-corrected chi connectivity index (χ2v) is 5.18. The average molecular weight is 245 g/mol. The van der Waals surface area contributed by atoms with Gasteiger partial charge in [-0.2, -0.15) is 4.73 Å². The van der Waals surface area contributed by atoms with Crippen molar-refractivity contribution in [2.24, 2.45) is 0 Å². The van der Waals surface area contributed by atoms with Gasteiger partial charge in [-0.15, -0.1) is 0 Å². The van der Waals surface area contributed by atoms with Gasteiger partial charge in [-0.1, -0.05) is 0 Å². The standard InChI is InChI=1S/C10H16NO4P/c1-3-14-16(13,15-4-2)9-10-7-5-6-8-11(10)12/h5-8H,3-4,9H2,1-2H3. The van der Waals surface area contributed by atoms with Crippen LogP contribution in [0.5, 0.6) is 0 Å². The minimum absolute atomic E-state index is 0.000972. The second-order valence-electron chi connectivity index (χ2n) is 3.12. The van der Waals surface area contributed by atoms with Crippen LogP contribution >= 0.6 is 7.60 Å². The smallest absolute Gasteiger partial charge is 0.341 e. The number of aromatic nitrogens is 1. The van der Waals surface area contributed by atoms with Crippen LogP contribution in [0.3, 0.4) is 0 Å². The van der Waals surface area contributed by atoms with Gasteiger partial charge in [0.15, 0.2) is 6.20 Å². The highest BCUT2D eigenvalue weighted by molar-refractivity contribution is 7.53. The fourth-order valence-corrected chi connectivity index (χ4v) is 2.99. The van der Waals surface area contributed by atoms with E-state index in [9.17, 15) is 9.77 Å². The van der Waals surface area contributed by atoms with E-state index in [1.165, 1.54) is 6.20 Å². The molecular formula is C10H16NO4P. The molecule has 1 aromatic rings. The largest absolute Gasteiger partial charge is 0.618 e. The van der Waals surface area contributed by atoms with Gasteiger partial charge in [0.25, 0.3) is 0 Å². The molecule has 0 radical (unpaired) electrons. The lowest BCUT2D eigenvalue weighted by Gasteiger charge is -2.16. The molecule has 0 aliphatic rings. The third-order valence-electron chi connectivity index (χ3n) is 1.91. The third kappa shape index (κ3) is 3.59. The van der Waals surface area contributed by atoms with Crippen molar-refractivity contribution < 1.29 is 18.3 Å². The van der Waals surface area contributed by atoms with Crippen LogP contribution in [0.1, 0.15) is 19.5 Å². The van der Waals surface area contributed by atoms with E-state index in [0.717, 1.165) is 0 Å². The van der Waals surface area contributed by atoms with Crippen molar-refractivity contribution in [1.82, 2.24) is 0 Å². The molecule has 0 amide bonds. The maximum Gasteiger partial charge on any atom is 0.341 e. The predicted molar refractivity (Wildman–Crippen MR) is 60.0 cm³/mol. The van der Waals surface area contributed by atoms with Gasteiger partial charge in [-0.25, -0.2) is 0 Å². The SMILES string of the molecule is CCOP(=O)(Cc1cccc[n+]1[O-])OCC. The van der Waals surface area contributed by atoms with Crippen LogP contribution < -0.4 is 4.73 Å². The molecular weight excluding hydrogens is 229 g/mol. The van der Waals surface area contributed by atoms with Crippen LogP contribution in [0.4, 0.5) is 0 Å². The molecule has 16 heavy (non-hydrogen) atoms. The first-order valence-electron chi connectivity index (χ1n) is 5.16. The molecule has 0 fully saturated rings.